The van der Waals surface area contributed by atoms with E-state index >= 15 is 0 Å². The second kappa shape index (κ2) is 7.80. The summed E-state index contributed by atoms with van der Waals surface area (Å²) in [6.45, 7) is 4.65. The maximum atomic E-state index is 12.9. The highest BCUT2D eigenvalue weighted by Gasteiger charge is 2.32. The van der Waals surface area contributed by atoms with Gasteiger partial charge in [0.1, 0.15) is 5.82 Å². The van der Waals surface area contributed by atoms with Crippen LogP contribution in [-0.4, -0.2) is 42.2 Å². The van der Waals surface area contributed by atoms with E-state index in [9.17, 15) is 22.8 Å². The molecule has 2 amide bonds. The Morgan fingerprint density at radius 1 is 1.00 bits per heavy atom. The number of carbonyl (C=O) groups excluding carboxylic acids is 2. The maximum Gasteiger partial charge on any atom is 0.262 e. The number of pyridine rings is 1. The van der Waals surface area contributed by atoms with Crippen molar-refractivity contribution in [1.29, 1.82) is 0 Å². The highest BCUT2D eigenvalue weighted by atomic mass is 32.2. The second-order valence-corrected chi connectivity index (χ2v) is 8.61. The van der Waals surface area contributed by atoms with Crippen LogP contribution in [0.2, 0.25) is 0 Å². The molecule has 1 aliphatic heterocycles. The molecule has 29 heavy (non-hydrogen) atoms. The Hall–Kier alpha value is -2.98. The fourth-order valence-corrected chi connectivity index (χ4v) is 4.94. The molecule has 2 aromatic rings. The Bertz CT molecular complexity index is 1130. The van der Waals surface area contributed by atoms with Crippen molar-refractivity contribution in [2.45, 2.75) is 31.6 Å². The summed E-state index contributed by atoms with van der Waals surface area (Å²) in [7, 11) is -3.66. The normalized spacial score (nSPS) is 13.6. The zero-order valence-electron chi connectivity index (χ0n) is 16.1. The lowest BCUT2D eigenvalue weighted by Crippen LogP contribution is -2.32. The van der Waals surface area contributed by atoms with Gasteiger partial charge in [0.25, 0.3) is 17.4 Å². The number of anilines is 1. The number of nitrogens with zero attached hydrogens (tertiary/aromatic N) is 2. The van der Waals surface area contributed by atoms with Gasteiger partial charge in [0, 0.05) is 19.2 Å². The molecule has 3 N–H and O–H groups in total. The molecule has 3 rings (SSSR count). The molecule has 0 radical (unpaired) electrons. The minimum Gasteiger partial charge on any atom is -0.384 e. The summed E-state index contributed by atoms with van der Waals surface area (Å²) in [6, 6.07) is 6.73. The lowest BCUT2D eigenvalue weighted by molar-refractivity contribution is 0.0880. The first-order chi connectivity index (χ1) is 13.7. The zero-order valence-corrected chi connectivity index (χ0v) is 17.0. The van der Waals surface area contributed by atoms with Gasteiger partial charge in [-0.2, -0.15) is 4.31 Å². The SMILES string of the molecule is CCCN(CCC)S(=O)(=O)c1ccc(-n2c(N)c3c(cc2=O)C(=O)NC3=O)cc1. The number of imide groups is 1. The van der Waals surface area contributed by atoms with Crippen molar-refractivity contribution in [3.05, 3.63) is 51.8 Å². The average molecular weight is 418 g/mol. The number of aromatic nitrogens is 1. The molecule has 0 aliphatic carbocycles. The molecule has 0 saturated carbocycles. The number of sulfonamides is 1. The van der Waals surface area contributed by atoms with E-state index < -0.39 is 27.4 Å². The monoisotopic (exact) mass is 418 g/mol. The van der Waals surface area contributed by atoms with Crippen LogP contribution in [0, 0.1) is 0 Å². The van der Waals surface area contributed by atoms with E-state index in [1.165, 1.54) is 28.6 Å². The van der Waals surface area contributed by atoms with Gasteiger partial charge in [0.15, 0.2) is 0 Å². The van der Waals surface area contributed by atoms with Crippen molar-refractivity contribution < 1.29 is 18.0 Å². The third-order valence-electron chi connectivity index (χ3n) is 4.63. The van der Waals surface area contributed by atoms with E-state index in [1.807, 2.05) is 13.8 Å². The van der Waals surface area contributed by atoms with Gasteiger partial charge in [-0.25, -0.2) is 8.42 Å². The van der Waals surface area contributed by atoms with Crippen LogP contribution >= 0.6 is 0 Å². The predicted octanol–water partition coefficient (Wildman–Crippen LogP) is 1.11. The van der Waals surface area contributed by atoms with Crippen LogP contribution in [0.5, 0.6) is 0 Å². The van der Waals surface area contributed by atoms with Crippen LogP contribution in [0.25, 0.3) is 5.69 Å². The van der Waals surface area contributed by atoms with Crippen molar-refractivity contribution in [1.82, 2.24) is 14.2 Å². The smallest absolute Gasteiger partial charge is 0.262 e. The Kier molecular flexibility index (Phi) is 5.58. The Labute approximate surface area is 168 Å². The first-order valence-corrected chi connectivity index (χ1v) is 10.7. The summed E-state index contributed by atoms with van der Waals surface area (Å²) in [5, 5.41) is 2.10. The van der Waals surface area contributed by atoms with Crippen LogP contribution in [0.15, 0.2) is 40.0 Å². The third kappa shape index (κ3) is 3.56. The van der Waals surface area contributed by atoms with Crippen molar-refractivity contribution in [3.8, 4) is 5.69 Å². The molecule has 9 nitrogen and oxygen atoms in total. The molecule has 0 saturated heterocycles. The van der Waals surface area contributed by atoms with Gasteiger partial charge in [0.2, 0.25) is 10.0 Å². The third-order valence-corrected chi connectivity index (χ3v) is 6.54. The molecule has 10 heteroatoms. The summed E-state index contributed by atoms with van der Waals surface area (Å²) in [4.78, 5) is 36.3. The van der Waals surface area contributed by atoms with Gasteiger partial charge < -0.3 is 5.73 Å². The van der Waals surface area contributed by atoms with Gasteiger partial charge in [-0.1, -0.05) is 13.8 Å². The first-order valence-electron chi connectivity index (χ1n) is 9.24. The molecule has 1 aromatic heterocycles. The van der Waals surface area contributed by atoms with Crippen molar-refractivity contribution in [3.63, 3.8) is 0 Å². The van der Waals surface area contributed by atoms with E-state index in [0.717, 1.165) is 10.6 Å². The summed E-state index contributed by atoms with van der Waals surface area (Å²) in [6.07, 6.45) is 1.39. The van der Waals surface area contributed by atoms with Gasteiger partial charge in [-0.3, -0.25) is 24.3 Å². The summed E-state index contributed by atoms with van der Waals surface area (Å²) < 4.78 is 28.2. The number of rotatable bonds is 7. The quantitative estimate of drug-likeness (QED) is 0.648. The number of nitrogen functional groups attached to an aromatic ring is 1. The van der Waals surface area contributed by atoms with E-state index in [0.29, 0.717) is 31.6 Å². The number of fused-ring (bicyclic) bond motifs is 1. The predicted molar refractivity (Wildman–Crippen MR) is 108 cm³/mol. The van der Waals surface area contributed by atoms with Crippen molar-refractivity contribution >= 4 is 27.7 Å². The number of hydrogen-bond donors (Lipinski definition) is 2. The largest absolute Gasteiger partial charge is 0.384 e. The van der Waals surface area contributed by atoms with Crippen molar-refractivity contribution in [2.24, 2.45) is 0 Å². The highest BCUT2D eigenvalue weighted by molar-refractivity contribution is 7.89. The lowest BCUT2D eigenvalue weighted by Gasteiger charge is -2.21. The number of amides is 2. The number of benzene rings is 1. The average Bonchev–Trinajstić information content (AvgIpc) is 2.95. The van der Waals surface area contributed by atoms with Crippen LogP contribution < -0.4 is 16.6 Å². The summed E-state index contributed by atoms with van der Waals surface area (Å²) in [5.74, 6) is -1.52. The van der Waals surface area contributed by atoms with Crippen LogP contribution in [0.1, 0.15) is 47.4 Å². The van der Waals surface area contributed by atoms with Gasteiger partial charge in [0.05, 0.1) is 21.7 Å². The van der Waals surface area contributed by atoms with Crippen LogP contribution in [0.3, 0.4) is 0 Å². The Morgan fingerprint density at radius 3 is 2.14 bits per heavy atom. The number of carbonyl (C=O) groups is 2. The molecule has 0 unspecified atom stereocenters. The van der Waals surface area contributed by atoms with Crippen molar-refractivity contribution in [2.75, 3.05) is 18.8 Å². The minimum absolute atomic E-state index is 0.0663. The number of nitrogens with one attached hydrogen (secondary N) is 1. The molecule has 2 heterocycles. The molecular formula is C19H22N4O5S. The molecule has 154 valence electrons. The van der Waals surface area contributed by atoms with Gasteiger partial charge in [-0.15, -0.1) is 0 Å². The molecule has 0 fully saturated rings. The fourth-order valence-electron chi connectivity index (χ4n) is 3.31. The van der Waals surface area contributed by atoms with E-state index in [2.05, 4.69) is 5.32 Å². The lowest BCUT2D eigenvalue weighted by atomic mass is 10.1. The minimum atomic E-state index is -3.66. The number of nitrogens with two attached hydrogens (primary N) is 1. The topological polar surface area (TPSA) is 132 Å². The molecule has 0 bridgehead atoms. The highest BCUT2D eigenvalue weighted by Crippen LogP contribution is 2.24. The van der Waals surface area contributed by atoms with E-state index in [1.54, 1.807) is 0 Å². The van der Waals surface area contributed by atoms with Gasteiger partial charge in [-0.05, 0) is 37.1 Å². The van der Waals surface area contributed by atoms with E-state index in [4.69, 9.17) is 5.73 Å². The Balaban J connectivity index is 2.04. The number of hydrogen-bond acceptors (Lipinski definition) is 6. The summed E-state index contributed by atoms with van der Waals surface area (Å²) in [5.41, 5.74) is 5.56. The second-order valence-electron chi connectivity index (χ2n) is 6.67. The molecule has 1 aliphatic rings. The standard InChI is InChI=1S/C19H22N4O5S/c1-3-9-22(10-4-2)29(27,28)13-7-5-12(6-8-13)23-15(24)11-14-16(17(23)20)19(26)21-18(14)25/h5-8,11H,3-4,9-10,20H2,1-2H3,(H,21,25,26). The molecule has 1 aromatic carbocycles. The van der Waals surface area contributed by atoms with Crippen LogP contribution in [-0.2, 0) is 10.0 Å². The first kappa shape index (κ1) is 20.7. The van der Waals surface area contributed by atoms with Crippen LogP contribution in [0.4, 0.5) is 5.82 Å². The molecule has 0 atom stereocenters. The van der Waals surface area contributed by atoms with E-state index in [-0.39, 0.29) is 21.8 Å². The fraction of sp³-hybridized carbons (Fsp3) is 0.316. The molecular weight excluding hydrogens is 396 g/mol. The summed E-state index contributed by atoms with van der Waals surface area (Å²) >= 11 is 0. The Morgan fingerprint density at radius 2 is 1.59 bits per heavy atom. The molecule has 0 spiro atoms. The zero-order chi connectivity index (χ0) is 21.3. The maximum absolute atomic E-state index is 12.9. The van der Waals surface area contributed by atoms with Gasteiger partial charge >= 0.3 is 0 Å².